The Labute approximate surface area is 94.6 Å². The van der Waals surface area contributed by atoms with Crippen LogP contribution in [0.2, 0.25) is 0 Å². The molecule has 0 bridgehead atoms. The number of hydrogen-bond acceptors (Lipinski definition) is 0. The molecule has 0 nitrogen and oxygen atoms in total. The molecule has 0 N–H and O–H groups in total. The van der Waals surface area contributed by atoms with Crippen molar-refractivity contribution in [2.75, 3.05) is 0 Å². The minimum absolute atomic E-state index is 0.519. The van der Waals surface area contributed by atoms with Crippen LogP contribution in [-0.4, -0.2) is 6.17 Å². The summed E-state index contributed by atoms with van der Waals surface area (Å²) in [6.45, 7) is 4.50. The maximum absolute atomic E-state index is 13.6. The van der Waals surface area contributed by atoms with Crippen molar-refractivity contribution >= 4 is 0 Å². The summed E-state index contributed by atoms with van der Waals surface area (Å²) < 4.78 is 13.6. The highest BCUT2D eigenvalue weighted by atomic mass is 19.1. The van der Waals surface area contributed by atoms with Crippen molar-refractivity contribution in [1.82, 2.24) is 0 Å². The molecule has 0 aromatic heterocycles. The fraction of sp³-hybridized carbons (Fsp3) is 1.00. The van der Waals surface area contributed by atoms with Gasteiger partial charge in [0.15, 0.2) is 0 Å². The van der Waals surface area contributed by atoms with E-state index in [0.717, 1.165) is 25.2 Å². The molecular formula is C14H27F. The van der Waals surface area contributed by atoms with E-state index in [9.17, 15) is 4.39 Å². The lowest BCUT2D eigenvalue weighted by molar-refractivity contribution is 0.198. The van der Waals surface area contributed by atoms with Gasteiger partial charge in [0.1, 0.15) is 6.17 Å². The molecule has 1 aliphatic rings. The molecule has 0 saturated heterocycles. The van der Waals surface area contributed by atoms with Crippen LogP contribution in [0.15, 0.2) is 0 Å². The minimum atomic E-state index is -0.519. The summed E-state index contributed by atoms with van der Waals surface area (Å²) in [4.78, 5) is 0. The highest BCUT2D eigenvalue weighted by Gasteiger charge is 2.21. The van der Waals surface area contributed by atoms with E-state index >= 15 is 0 Å². The molecule has 0 spiro atoms. The van der Waals surface area contributed by atoms with Gasteiger partial charge in [-0.25, -0.2) is 4.39 Å². The summed E-state index contributed by atoms with van der Waals surface area (Å²) in [6.07, 6.45) is 9.81. The standard InChI is InChI=1S/C14H27F/c1-3-4-5-6-14(15)11-13-9-7-12(2)8-10-13/h12-14H,3-11H2,1-2H3. The Kier molecular flexibility index (Phi) is 6.28. The van der Waals surface area contributed by atoms with Gasteiger partial charge in [0.25, 0.3) is 0 Å². The van der Waals surface area contributed by atoms with Crippen molar-refractivity contribution < 1.29 is 4.39 Å². The summed E-state index contributed by atoms with van der Waals surface area (Å²) in [7, 11) is 0. The highest BCUT2D eigenvalue weighted by Crippen LogP contribution is 2.32. The van der Waals surface area contributed by atoms with E-state index in [4.69, 9.17) is 0 Å². The Hall–Kier alpha value is -0.0700. The maximum atomic E-state index is 13.6. The van der Waals surface area contributed by atoms with Crippen LogP contribution in [0.1, 0.15) is 71.6 Å². The summed E-state index contributed by atoms with van der Waals surface area (Å²) >= 11 is 0. The molecule has 15 heavy (non-hydrogen) atoms. The molecule has 0 aromatic carbocycles. The predicted octanol–water partition coefficient (Wildman–Crippen LogP) is 5.12. The second-order valence-electron chi connectivity index (χ2n) is 5.45. The molecule has 1 heteroatoms. The molecule has 1 saturated carbocycles. The Morgan fingerprint density at radius 3 is 2.40 bits per heavy atom. The molecule has 1 fully saturated rings. The largest absolute Gasteiger partial charge is 0.247 e. The lowest BCUT2D eigenvalue weighted by Crippen LogP contribution is -2.16. The molecule has 0 radical (unpaired) electrons. The van der Waals surface area contributed by atoms with Gasteiger partial charge in [-0.15, -0.1) is 0 Å². The van der Waals surface area contributed by atoms with Gasteiger partial charge in [0, 0.05) is 0 Å². The van der Waals surface area contributed by atoms with Crippen molar-refractivity contribution in [1.29, 1.82) is 0 Å². The van der Waals surface area contributed by atoms with E-state index in [-0.39, 0.29) is 0 Å². The smallest absolute Gasteiger partial charge is 0.100 e. The topological polar surface area (TPSA) is 0 Å². The van der Waals surface area contributed by atoms with E-state index < -0.39 is 6.17 Å². The Morgan fingerprint density at radius 2 is 1.80 bits per heavy atom. The summed E-state index contributed by atoms with van der Waals surface area (Å²) in [5.74, 6) is 1.58. The van der Waals surface area contributed by atoms with Crippen molar-refractivity contribution in [2.45, 2.75) is 77.8 Å². The van der Waals surface area contributed by atoms with Gasteiger partial charge >= 0.3 is 0 Å². The normalized spacial score (nSPS) is 29.0. The van der Waals surface area contributed by atoms with Crippen molar-refractivity contribution in [3.05, 3.63) is 0 Å². The van der Waals surface area contributed by atoms with E-state index in [1.807, 2.05) is 0 Å². The quantitative estimate of drug-likeness (QED) is 0.538. The zero-order chi connectivity index (χ0) is 11.1. The van der Waals surface area contributed by atoms with Gasteiger partial charge in [-0.3, -0.25) is 0 Å². The van der Waals surface area contributed by atoms with Crippen LogP contribution in [-0.2, 0) is 0 Å². The molecule has 0 aliphatic heterocycles. The Balaban J connectivity index is 2.06. The third kappa shape index (κ3) is 5.53. The van der Waals surface area contributed by atoms with Gasteiger partial charge in [0.05, 0.1) is 0 Å². The molecule has 0 heterocycles. The first-order valence-electron chi connectivity index (χ1n) is 6.86. The highest BCUT2D eigenvalue weighted by molar-refractivity contribution is 4.73. The van der Waals surface area contributed by atoms with Crippen LogP contribution < -0.4 is 0 Å². The van der Waals surface area contributed by atoms with E-state index in [1.54, 1.807) is 0 Å². The number of unbranched alkanes of at least 4 members (excludes halogenated alkanes) is 2. The van der Waals surface area contributed by atoms with Gasteiger partial charge in [-0.2, -0.15) is 0 Å². The Morgan fingerprint density at radius 1 is 1.13 bits per heavy atom. The maximum Gasteiger partial charge on any atom is 0.100 e. The van der Waals surface area contributed by atoms with Crippen LogP contribution in [0.25, 0.3) is 0 Å². The fourth-order valence-corrected chi connectivity index (χ4v) is 2.66. The third-order valence-electron chi connectivity index (χ3n) is 3.85. The predicted molar refractivity (Wildman–Crippen MR) is 64.8 cm³/mol. The van der Waals surface area contributed by atoms with Gasteiger partial charge in [0.2, 0.25) is 0 Å². The van der Waals surface area contributed by atoms with Gasteiger partial charge in [-0.1, -0.05) is 58.8 Å². The van der Waals surface area contributed by atoms with E-state index in [2.05, 4.69) is 13.8 Å². The van der Waals surface area contributed by atoms with Gasteiger partial charge < -0.3 is 0 Å². The number of hydrogen-bond donors (Lipinski definition) is 0. The first kappa shape index (κ1) is 13.0. The average molecular weight is 214 g/mol. The summed E-state index contributed by atoms with van der Waals surface area (Å²) in [5, 5.41) is 0. The van der Waals surface area contributed by atoms with E-state index in [1.165, 1.54) is 38.5 Å². The first-order chi connectivity index (χ1) is 7.22. The fourth-order valence-electron chi connectivity index (χ4n) is 2.66. The van der Waals surface area contributed by atoms with Crippen molar-refractivity contribution in [2.24, 2.45) is 11.8 Å². The number of alkyl halides is 1. The van der Waals surface area contributed by atoms with Crippen LogP contribution in [0, 0.1) is 11.8 Å². The second-order valence-corrected chi connectivity index (χ2v) is 5.45. The van der Waals surface area contributed by atoms with Crippen LogP contribution in [0.5, 0.6) is 0 Å². The minimum Gasteiger partial charge on any atom is -0.247 e. The summed E-state index contributed by atoms with van der Waals surface area (Å²) in [6, 6.07) is 0. The molecular weight excluding hydrogens is 187 g/mol. The molecule has 1 aliphatic carbocycles. The SMILES string of the molecule is CCCCCC(F)CC1CCC(C)CC1. The van der Waals surface area contributed by atoms with Gasteiger partial charge in [-0.05, 0) is 24.7 Å². The molecule has 1 rings (SSSR count). The monoisotopic (exact) mass is 214 g/mol. The molecule has 90 valence electrons. The Bertz CT molecular complexity index is 147. The molecule has 1 atom stereocenters. The third-order valence-corrected chi connectivity index (χ3v) is 3.85. The van der Waals surface area contributed by atoms with Crippen LogP contribution in [0.3, 0.4) is 0 Å². The zero-order valence-corrected chi connectivity index (χ0v) is 10.5. The van der Waals surface area contributed by atoms with Crippen LogP contribution >= 0.6 is 0 Å². The second kappa shape index (κ2) is 7.24. The molecule has 0 amide bonds. The van der Waals surface area contributed by atoms with Crippen molar-refractivity contribution in [3.63, 3.8) is 0 Å². The molecule has 0 aromatic rings. The molecule has 1 unspecified atom stereocenters. The zero-order valence-electron chi connectivity index (χ0n) is 10.5. The van der Waals surface area contributed by atoms with Crippen LogP contribution in [0.4, 0.5) is 4.39 Å². The first-order valence-corrected chi connectivity index (χ1v) is 6.86. The van der Waals surface area contributed by atoms with E-state index in [0.29, 0.717) is 5.92 Å². The number of halogens is 1. The average Bonchev–Trinajstić information content (AvgIpc) is 2.22. The number of rotatable bonds is 6. The van der Waals surface area contributed by atoms with Crippen molar-refractivity contribution in [3.8, 4) is 0 Å². The lowest BCUT2D eigenvalue weighted by atomic mass is 9.80. The summed E-state index contributed by atoms with van der Waals surface area (Å²) in [5.41, 5.74) is 0. The lowest BCUT2D eigenvalue weighted by Gasteiger charge is -2.27.